The molecule has 3 heterocycles. The van der Waals surface area contributed by atoms with E-state index in [0.717, 1.165) is 56.1 Å². The van der Waals surface area contributed by atoms with E-state index < -0.39 is 10.0 Å². The fourth-order valence-electron chi connectivity index (χ4n) is 4.39. The minimum absolute atomic E-state index is 0.0742. The van der Waals surface area contributed by atoms with Crippen molar-refractivity contribution < 1.29 is 13.2 Å². The van der Waals surface area contributed by atoms with Crippen molar-refractivity contribution in [3.05, 3.63) is 47.8 Å². The number of rotatable bonds is 5. The van der Waals surface area contributed by atoms with Crippen molar-refractivity contribution in [3.63, 3.8) is 0 Å². The molecule has 8 heteroatoms. The fraction of sp³-hybridized carbons (Fsp3) is 0.545. The number of aromatic nitrogens is 2. The van der Waals surface area contributed by atoms with Gasteiger partial charge < -0.3 is 9.64 Å². The highest BCUT2D eigenvalue weighted by atomic mass is 32.2. The molecule has 2 aliphatic heterocycles. The molecule has 0 saturated carbocycles. The lowest BCUT2D eigenvalue weighted by Crippen LogP contribution is -2.48. The highest BCUT2D eigenvalue weighted by molar-refractivity contribution is 7.89. The van der Waals surface area contributed by atoms with Gasteiger partial charge in [0.15, 0.2) is 0 Å². The maximum Gasteiger partial charge on any atom is 0.240 e. The molecule has 0 aliphatic carbocycles. The van der Waals surface area contributed by atoms with Gasteiger partial charge in [-0.15, -0.1) is 0 Å². The molecule has 0 amide bonds. The molecule has 2 aromatic rings. The Hall–Kier alpha value is -2.03. The Morgan fingerprint density at radius 1 is 1.10 bits per heavy atom. The van der Waals surface area contributed by atoms with Crippen LogP contribution in [-0.2, 0) is 14.8 Å². The molecule has 2 fully saturated rings. The third kappa shape index (κ3) is 4.82. The van der Waals surface area contributed by atoms with Crippen molar-refractivity contribution in [1.29, 1.82) is 0 Å². The number of benzene rings is 1. The summed E-state index contributed by atoms with van der Waals surface area (Å²) < 4.78 is 33.6. The first kappa shape index (κ1) is 21.2. The first-order chi connectivity index (χ1) is 14.4. The summed E-state index contributed by atoms with van der Waals surface area (Å²) in [5, 5.41) is 0. The summed E-state index contributed by atoms with van der Waals surface area (Å²) in [6.45, 7) is 6.87. The minimum Gasteiger partial charge on any atom is -0.376 e. The summed E-state index contributed by atoms with van der Waals surface area (Å²) in [7, 11) is -3.49. The molecule has 162 valence electrons. The summed E-state index contributed by atoms with van der Waals surface area (Å²) in [6.07, 6.45) is 3.95. The SMILES string of the molecule is Cc1cc(C)nc(N2CCC3(CC[C@H](CNS(=O)(=O)c4ccccc4)OC3)CC2)n1. The number of anilines is 1. The van der Waals surface area contributed by atoms with E-state index in [2.05, 4.69) is 19.6 Å². The van der Waals surface area contributed by atoms with Gasteiger partial charge in [-0.05, 0) is 63.1 Å². The van der Waals surface area contributed by atoms with E-state index in [9.17, 15) is 8.42 Å². The standard InChI is InChI=1S/C22H30N4O3S/c1-17-14-18(2)25-21(24-17)26-12-10-22(11-13-26)9-8-19(29-16-22)15-23-30(27,28)20-6-4-3-5-7-20/h3-7,14,19,23H,8-13,15-16H2,1-2H3/t19-/m1/s1. The van der Waals surface area contributed by atoms with Gasteiger partial charge in [-0.1, -0.05) is 18.2 Å². The van der Waals surface area contributed by atoms with Crippen LogP contribution >= 0.6 is 0 Å². The highest BCUT2D eigenvalue weighted by Gasteiger charge is 2.39. The predicted molar refractivity (Wildman–Crippen MR) is 116 cm³/mol. The van der Waals surface area contributed by atoms with Crippen molar-refractivity contribution in [3.8, 4) is 0 Å². The molecule has 1 aromatic heterocycles. The molecule has 1 spiro atoms. The summed E-state index contributed by atoms with van der Waals surface area (Å²) in [4.78, 5) is 11.7. The van der Waals surface area contributed by atoms with Crippen LogP contribution in [-0.4, -0.2) is 50.7 Å². The summed E-state index contributed by atoms with van der Waals surface area (Å²) >= 11 is 0. The largest absolute Gasteiger partial charge is 0.376 e. The van der Waals surface area contributed by atoms with Crippen LogP contribution in [0.15, 0.2) is 41.3 Å². The molecular weight excluding hydrogens is 400 g/mol. The second kappa shape index (κ2) is 8.61. The first-order valence-electron chi connectivity index (χ1n) is 10.6. The lowest BCUT2D eigenvalue weighted by atomic mass is 9.73. The number of hydrogen-bond acceptors (Lipinski definition) is 6. The van der Waals surface area contributed by atoms with Gasteiger partial charge in [-0.2, -0.15) is 0 Å². The van der Waals surface area contributed by atoms with Crippen LogP contribution in [0, 0.1) is 19.3 Å². The van der Waals surface area contributed by atoms with Gasteiger partial charge in [0.05, 0.1) is 17.6 Å². The normalized spacial score (nSPS) is 21.7. The highest BCUT2D eigenvalue weighted by Crippen LogP contribution is 2.41. The second-order valence-corrected chi connectivity index (χ2v) is 10.3. The monoisotopic (exact) mass is 430 g/mol. The van der Waals surface area contributed by atoms with Crippen molar-refractivity contribution in [2.24, 2.45) is 5.41 Å². The van der Waals surface area contributed by atoms with E-state index in [4.69, 9.17) is 4.74 Å². The molecule has 1 atom stereocenters. The van der Waals surface area contributed by atoms with Crippen molar-refractivity contribution in [2.75, 3.05) is 31.1 Å². The molecule has 2 aliphatic rings. The van der Waals surface area contributed by atoms with E-state index in [1.54, 1.807) is 30.3 Å². The van der Waals surface area contributed by atoms with Crippen LogP contribution < -0.4 is 9.62 Å². The maximum atomic E-state index is 12.4. The number of ether oxygens (including phenoxy) is 1. The first-order valence-corrected chi connectivity index (χ1v) is 12.1. The molecule has 2 saturated heterocycles. The number of aryl methyl sites for hydroxylation is 2. The molecule has 0 bridgehead atoms. The van der Waals surface area contributed by atoms with Gasteiger partial charge >= 0.3 is 0 Å². The quantitative estimate of drug-likeness (QED) is 0.785. The van der Waals surface area contributed by atoms with Crippen molar-refractivity contribution >= 4 is 16.0 Å². The second-order valence-electron chi connectivity index (χ2n) is 8.57. The van der Waals surface area contributed by atoms with Gasteiger partial charge in [0.25, 0.3) is 0 Å². The lowest BCUT2D eigenvalue weighted by molar-refractivity contribution is -0.0691. The van der Waals surface area contributed by atoms with E-state index in [1.807, 2.05) is 19.9 Å². The van der Waals surface area contributed by atoms with Crippen LogP contribution in [0.2, 0.25) is 0 Å². The number of nitrogens with one attached hydrogen (secondary N) is 1. The molecular formula is C22H30N4O3S. The summed E-state index contributed by atoms with van der Waals surface area (Å²) in [5.74, 6) is 0.826. The summed E-state index contributed by atoms with van der Waals surface area (Å²) in [5.41, 5.74) is 2.18. The van der Waals surface area contributed by atoms with Crippen LogP contribution in [0.3, 0.4) is 0 Å². The average molecular weight is 431 g/mol. The molecule has 0 radical (unpaired) electrons. The molecule has 7 nitrogen and oxygen atoms in total. The third-order valence-corrected chi connectivity index (χ3v) is 7.69. The predicted octanol–water partition coefficient (Wildman–Crippen LogP) is 2.84. The zero-order chi connectivity index (χ0) is 21.2. The lowest BCUT2D eigenvalue weighted by Gasteiger charge is -2.45. The van der Waals surface area contributed by atoms with Gasteiger partial charge in [0, 0.05) is 31.0 Å². The van der Waals surface area contributed by atoms with Gasteiger partial charge in [-0.25, -0.2) is 23.1 Å². The number of nitrogens with zero attached hydrogens (tertiary/aromatic N) is 3. The molecule has 0 unspecified atom stereocenters. The number of hydrogen-bond donors (Lipinski definition) is 1. The Morgan fingerprint density at radius 2 is 1.77 bits per heavy atom. The van der Waals surface area contributed by atoms with E-state index in [0.29, 0.717) is 18.0 Å². The Kier molecular flexibility index (Phi) is 6.09. The van der Waals surface area contributed by atoms with Gasteiger partial charge in [-0.3, -0.25) is 0 Å². The Bertz CT molecular complexity index is 943. The minimum atomic E-state index is -3.49. The molecule has 30 heavy (non-hydrogen) atoms. The van der Waals surface area contributed by atoms with E-state index in [-0.39, 0.29) is 11.5 Å². The number of piperidine rings is 1. The topological polar surface area (TPSA) is 84.4 Å². The maximum absolute atomic E-state index is 12.4. The van der Waals surface area contributed by atoms with Gasteiger partial charge in [0.1, 0.15) is 0 Å². The van der Waals surface area contributed by atoms with Crippen molar-refractivity contribution in [2.45, 2.75) is 50.5 Å². The molecule has 1 aromatic carbocycles. The van der Waals surface area contributed by atoms with Crippen LogP contribution in [0.4, 0.5) is 5.95 Å². The zero-order valence-electron chi connectivity index (χ0n) is 17.7. The zero-order valence-corrected chi connectivity index (χ0v) is 18.5. The van der Waals surface area contributed by atoms with Crippen LogP contribution in [0.5, 0.6) is 0 Å². The molecule has 4 rings (SSSR count). The fourth-order valence-corrected chi connectivity index (χ4v) is 5.48. The van der Waals surface area contributed by atoms with Crippen LogP contribution in [0.25, 0.3) is 0 Å². The van der Waals surface area contributed by atoms with E-state index in [1.165, 1.54) is 0 Å². The van der Waals surface area contributed by atoms with E-state index >= 15 is 0 Å². The Balaban J connectivity index is 1.28. The average Bonchev–Trinajstić information content (AvgIpc) is 2.74. The smallest absolute Gasteiger partial charge is 0.240 e. The van der Waals surface area contributed by atoms with Crippen molar-refractivity contribution in [1.82, 2.24) is 14.7 Å². The van der Waals surface area contributed by atoms with Crippen LogP contribution in [0.1, 0.15) is 37.1 Å². The summed E-state index contributed by atoms with van der Waals surface area (Å²) in [6, 6.07) is 10.5. The number of sulfonamides is 1. The molecule has 1 N–H and O–H groups in total. The Labute approximate surface area is 178 Å². The Morgan fingerprint density at radius 3 is 2.37 bits per heavy atom. The van der Waals surface area contributed by atoms with Gasteiger partial charge in [0.2, 0.25) is 16.0 Å². The third-order valence-electron chi connectivity index (χ3n) is 6.25.